The van der Waals surface area contributed by atoms with Crippen molar-refractivity contribution in [2.75, 3.05) is 10.6 Å². The third-order valence-corrected chi connectivity index (χ3v) is 4.65. The number of nitrogens with one attached hydrogen (secondary N) is 2. The zero-order valence-electron chi connectivity index (χ0n) is 14.4. The van der Waals surface area contributed by atoms with Crippen molar-refractivity contribution in [3.63, 3.8) is 0 Å². The van der Waals surface area contributed by atoms with Crippen molar-refractivity contribution in [3.05, 3.63) is 89.6 Å². The second-order valence-electron chi connectivity index (χ2n) is 6.12. The topological polar surface area (TPSA) is 41.9 Å². The summed E-state index contributed by atoms with van der Waals surface area (Å²) in [6.45, 7) is 0.695. The Bertz CT molecular complexity index is 1080. The highest BCUT2D eigenvalue weighted by molar-refractivity contribution is 7.80. The number of halogens is 1. The third kappa shape index (κ3) is 4.27. The summed E-state index contributed by atoms with van der Waals surface area (Å²) < 4.78 is 1.90. The summed E-state index contributed by atoms with van der Waals surface area (Å²) in [5.41, 5.74) is 2.09. The summed E-state index contributed by atoms with van der Waals surface area (Å²) >= 11 is 11.2. The first kappa shape index (κ1) is 17.5. The molecule has 0 saturated carbocycles. The van der Waals surface area contributed by atoms with Crippen LogP contribution in [0.1, 0.15) is 5.56 Å². The molecule has 0 aliphatic heterocycles. The molecule has 4 nitrogen and oxygen atoms in total. The largest absolute Gasteiger partial charge is 0.332 e. The highest BCUT2D eigenvalue weighted by atomic mass is 35.5. The third-order valence-electron chi connectivity index (χ3n) is 4.20. The SMILES string of the molecule is S=C(Nc1ccc(Cl)cc1)Nc1ccn(Cc2cccc3ccccc23)n1. The van der Waals surface area contributed by atoms with E-state index in [1.54, 1.807) is 0 Å². The molecule has 0 spiro atoms. The zero-order valence-corrected chi connectivity index (χ0v) is 16.0. The van der Waals surface area contributed by atoms with Crippen LogP contribution < -0.4 is 10.6 Å². The Labute approximate surface area is 167 Å². The van der Waals surface area contributed by atoms with E-state index in [0.717, 1.165) is 5.69 Å². The number of rotatable bonds is 4. The molecule has 0 aliphatic rings. The number of thiocarbonyl (C=S) groups is 1. The molecule has 3 aromatic carbocycles. The minimum Gasteiger partial charge on any atom is -0.332 e. The van der Waals surface area contributed by atoms with Crippen LogP contribution in [0.3, 0.4) is 0 Å². The summed E-state index contributed by atoms with van der Waals surface area (Å²) in [6, 6.07) is 24.0. The number of hydrogen-bond acceptors (Lipinski definition) is 2. The van der Waals surface area contributed by atoms with Gasteiger partial charge >= 0.3 is 0 Å². The molecule has 134 valence electrons. The predicted molar refractivity (Wildman–Crippen MR) is 117 cm³/mol. The minimum atomic E-state index is 0.479. The van der Waals surface area contributed by atoms with Gasteiger partial charge in [0.2, 0.25) is 0 Å². The average molecular weight is 393 g/mol. The fourth-order valence-corrected chi connectivity index (χ4v) is 3.28. The lowest BCUT2D eigenvalue weighted by Gasteiger charge is -2.09. The molecule has 0 bridgehead atoms. The van der Waals surface area contributed by atoms with E-state index in [9.17, 15) is 0 Å². The molecule has 0 saturated heterocycles. The van der Waals surface area contributed by atoms with Crippen LogP contribution in [0.2, 0.25) is 5.02 Å². The van der Waals surface area contributed by atoms with Crippen LogP contribution in [0, 0.1) is 0 Å². The van der Waals surface area contributed by atoms with Crippen molar-refractivity contribution < 1.29 is 0 Å². The molecule has 2 N–H and O–H groups in total. The first-order chi connectivity index (χ1) is 13.2. The molecule has 1 aromatic heterocycles. The van der Waals surface area contributed by atoms with Gasteiger partial charge in [-0.15, -0.1) is 0 Å². The van der Waals surface area contributed by atoms with E-state index in [-0.39, 0.29) is 0 Å². The monoisotopic (exact) mass is 392 g/mol. The Morgan fingerprint density at radius 2 is 1.70 bits per heavy atom. The molecular weight excluding hydrogens is 376 g/mol. The van der Waals surface area contributed by atoms with E-state index in [4.69, 9.17) is 23.8 Å². The van der Waals surface area contributed by atoms with Crippen molar-refractivity contribution in [1.82, 2.24) is 9.78 Å². The molecular formula is C21H17ClN4S. The summed E-state index contributed by atoms with van der Waals surface area (Å²) in [7, 11) is 0. The number of benzene rings is 3. The molecule has 0 atom stereocenters. The van der Waals surface area contributed by atoms with Crippen LogP contribution in [-0.2, 0) is 6.54 Å². The molecule has 4 rings (SSSR count). The highest BCUT2D eigenvalue weighted by Gasteiger charge is 2.05. The van der Waals surface area contributed by atoms with Gasteiger partial charge < -0.3 is 10.6 Å². The normalized spacial score (nSPS) is 10.7. The number of fused-ring (bicyclic) bond motifs is 1. The smallest absolute Gasteiger partial charge is 0.176 e. The maximum atomic E-state index is 5.89. The second-order valence-corrected chi connectivity index (χ2v) is 6.97. The lowest BCUT2D eigenvalue weighted by atomic mass is 10.0. The maximum absolute atomic E-state index is 5.89. The van der Waals surface area contributed by atoms with Crippen LogP contribution in [-0.4, -0.2) is 14.9 Å². The van der Waals surface area contributed by atoms with Gasteiger partial charge in [-0.05, 0) is 52.8 Å². The van der Waals surface area contributed by atoms with Gasteiger partial charge in [0.1, 0.15) is 0 Å². The summed E-state index contributed by atoms with van der Waals surface area (Å²) in [4.78, 5) is 0. The van der Waals surface area contributed by atoms with Crippen molar-refractivity contribution in [2.45, 2.75) is 6.54 Å². The van der Waals surface area contributed by atoms with Crippen LogP contribution in [0.25, 0.3) is 10.8 Å². The average Bonchev–Trinajstić information content (AvgIpc) is 3.10. The molecule has 6 heteroatoms. The summed E-state index contributed by atoms with van der Waals surface area (Å²) in [6.07, 6.45) is 1.94. The van der Waals surface area contributed by atoms with Crippen molar-refractivity contribution >= 4 is 51.2 Å². The quantitative estimate of drug-likeness (QED) is 0.447. The Morgan fingerprint density at radius 3 is 2.56 bits per heavy atom. The van der Waals surface area contributed by atoms with Gasteiger partial charge in [-0.2, -0.15) is 5.10 Å². The zero-order chi connectivity index (χ0) is 18.6. The standard InChI is InChI=1S/C21H17ClN4S/c22-17-8-10-18(11-9-17)23-21(27)24-20-12-13-26(25-20)14-16-6-3-5-15-4-1-2-7-19(15)16/h1-13H,14H2,(H2,23,24,25,27). The molecule has 0 radical (unpaired) electrons. The van der Waals surface area contributed by atoms with Crippen molar-refractivity contribution in [2.24, 2.45) is 0 Å². The number of hydrogen-bond donors (Lipinski definition) is 2. The van der Waals surface area contributed by atoms with Gasteiger partial charge in [0.15, 0.2) is 10.9 Å². The van der Waals surface area contributed by atoms with Crippen molar-refractivity contribution in [3.8, 4) is 0 Å². The van der Waals surface area contributed by atoms with Gasteiger partial charge in [0.05, 0.1) is 6.54 Å². The fourth-order valence-electron chi connectivity index (χ4n) is 2.93. The Balaban J connectivity index is 1.44. The highest BCUT2D eigenvalue weighted by Crippen LogP contribution is 2.20. The van der Waals surface area contributed by atoms with Gasteiger partial charge in [0.25, 0.3) is 0 Å². The van der Waals surface area contributed by atoms with Crippen LogP contribution in [0.15, 0.2) is 79.0 Å². The molecule has 1 heterocycles. The summed E-state index contributed by atoms with van der Waals surface area (Å²) in [5, 5.41) is 14.4. The summed E-state index contributed by atoms with van der Waals surface area (Å²) in [5.74, 6) is 0.696. The molecule has 0 unspecified atom stereocenters. The first-order valence-corrected chi connectivity index (χ1v) is 9.30. The minimum absolute atomic E-state index is 0.479. The van der Waals surface area contributed by atoms with E-state index >= 15 is 0 Å². The Morgan fingerprint density at radius 1 is 0.926 bits per heavy atom. The van der Waals surface area contributed by atoms with E-state index in [0.29, 0.717) is 22.5 Å². The number of aromatic nitrogens is 2. The first-order valence-electron chi connectivity index (χ1n) is 8.51. The fraction of sp³-hybridized carbons (Fsp3) is 0.0476. The predicted octanol–water partition coefficient (Wildman–Crippen LogP) is 5.55. The second kappa shape index (κ2) is 7.78. The van der Waals surface area contributed by atoms with Crippen LogP contribution in [0.4, 0.5) is 11.5 Å². The molecule has 0 aliphatic carbocycles. The Kier molecular flexibility index (Phi) is 5.05. The molecule has 0 amide bonds. The number of nitrogens with zero attached hydrogens (tertiary/aromatic N) is 2. The maximum Gasteiger partial charge on any atom is 0.176 e. The number of anilines is 2. The van der Waals surface area contributed by atoms with Gasteiger partial charge in [-0.25, -0.2) is 0 Å². The lowest BCUT2D eigenvalue weighted by Crippen LogP contribution is -2.19. The molecule has 27 heavy (non-hydrogen) atoms. The van der Waals surface area contributed by atoms with E-state index in [1.807, 2.05) is 41.2 Å². The van der Waals surface area contributed by atoms with Crippen LogP contribution >= 0.6 is 23.8 Å². The van der Waals surface area contributed by atoms with E-state index < -0.39 is 0 Å². The Hall–Kier alpha value is -2.89. The van der Waals surface area contributed by atoms with E-state index in [1.165, 1.54) is 16.3 Å². The lowest BCUT2D eigenvalue weighted by molar-refractivity contribution is 0.693. The molecule has 0 fully saturated rings. The van der Waals surface area contributed by atoms with Gasteiger partial charge in [-0.3, -0.25) is 4.68 Å². The van der Waals surface area contributed by atoms with Crippen LogP contribution in [0.5, 0.6) is 0 Å². The van der Waals surface area contributed by atoms with E-state index in [2.05, 4.69) is 58.2 Å². The van der Waals surface area contributed by atoms with Crippen molar-refractivity contribution in [1.29, 1.82) is 0 Å². The molecule has 4 aromatic rings. The van der Waals surface area contributed by atoms with Gasteiger partial charge in [-0.1, -0.05) is 54.1 Å². The van der Waals surface area contributed by atoms with Gasteiger partial charge in [0, 0.05) is 23.0 Å².